The summed E-state index contributed by atoms with van der Waals surface area (Å²) in [5.74, 6) is 0.389. The molecule has 0 radical (unpaired) electrons. The van der Waals surface area contributed by atoms with Gasteiger partial charge >= 0.3 is 0 Å². The van der Waals surface area contributed by atoms with Crippen molar-refractivity contribution in [2.75, 3.05) is 0 Å². The lowest BCUT2D eigenvalue weighted by Crippen LogP contribution is -2.08. The fraction of sp³-hybridized carbons (Fsp3) is 0.667. The lowest BCUT2D eigenvalue weighted by molar-refractivity contribution is 0.151. The van der Waals surface area contributed by atoms with Crippen LogP contribution >= 0.6 is 0 Å². The van der Waals surface area contributed by atoms with Gasteiger partial charge in [-0.2, -0.15) is 0 Å². The highest BCUT2D eigenvalue weighted by Gasteiger charge is 2.13. The van der Waals surface area contributed by atoms with Crippen LogP contribution in [0.25, 0.3) is 0 Å². The Morgan fingerprint density at radius 2 is 2.43 bits per heavy atom. The molecule has 0 aromatic heterocycles. The molecular formula is C6H10O. The topological polar surface area (TPSA) is 20.2 Å². The molecule has 1 aliphatic carbocycles. The zero-order valence-corrected chi connectivity index (χ0v) is 4.46. The second kappa shape index (κ2) is 1.66. The second-order valence-electron chi connectivity index (χ2n) is 2.09. The summed E-state index contributed by atoms with van der Waals surface area (Å²) in [7, 11) is 0. The van der Waals surface area contributed by atoms with Crippen molar-refractivity contribution >= 4 is 0 Å². The molecule has 0 fully saturated rings. The second-order valence-corrected chi connectivity index (χ2v) is 2.09. The van der Waals surface area contributed by atoms with Gasteiger partial charge in [0.05, 0.1) is 6.10 Å². The van der Waals surface area contributed by atoms with Crippen LogP contribution in [0.1, 0.15) is 13.3 Å². The molecule has 1 heteroatoms. The first-order chi connectivity index (χ1) is 3.30. The normalized spacial score (nSPS) is 39.7. The minimum atomic E-state index is -0.0972. The summed E-state index contributed by atoms with van der Waals surface area (Å²) < 4.78 is 0. The summed E-state index contributed by atoms with van der Waals surface area (Å²) in [6.07, 6.45) is 4.82. The lowest BCUT2D eigenvalue weighted by Gasteiger charge is -2.04. The highest BCUT2D eigenvalue weighted by Crippen LogP contribution is 2.15. The maximum absolute atomic E-state index is 8.94. The molecule has 40 valence electrons. The Kier molecular flexibility index (Phi) is 1.15. The maximum atomic E-state index is 8.94. The molecule has 7 heavy (non-hydrogen) atoms. The van der Waals surface area contributed by atoms with Crippen LogP contribution in [0, 0.1) is 5.92 Å². The van der Waals surface area contributed by atoms with Crippen molar-refractivity contribution in [3.8, 4) is 0 Å². The van der Waals surface area contributed by atoms with Crippen molar-refractivity contribution < 1.29 is 5.11 Å². The van der Waals surface area contributed by atoms with Gasteiger partial charge in [0.15, 0.2) is 0 Å². The van der Waals surface area contributed by atoms with Crippen LogP contribution in [0.4, 0.5) is 0 Å². The third-order valence-electron chi connectivity index (χ3n) is 1.42. The van der Waals surface area contributed by atoms with Gasteiger partial charge < -0.3 is 5.11 Å². The molecule has 0 saturated heterocycles. The van der Waals surface area contributed by atoms with Gasteiger partial charge in [-0.05, 0) is 6.42 Å². The summed E-state index contributed by atoms with van der Waals surface area (Å²) in [6, 6.07) is 0. The number of hydrogen-bond acceptors (Lipinski definition) is 1. The predicted octanol–water partition coefficient (Wildman–Crippen LogP) is 0.943. The molecule has 1 rings (SSSR count). The van der Waals surface area contributed by atoms with E-state index in [1.54, 1.807) is 0 Å². The Morgan fingerprint density at radius 1 is 1.71 bits per heavy atom. The average molecular weight is 98.1 g/mol. The summed E-state index contributed by atoms with van der Waals surface area (Å²) in [5.41, 5.74) is 0. The average Bonchev–Trinajstić information content (AvgIpc) is 1.91. The van der Waals surface area contributed by atoms with Crippen LogP contribution in [-0.2, 0) is 0 Å². The smallest absolute Gasteiger partial charge is 0.0634 e. The highest BCUT2D eigenvalue weighted by atomic mass is 16.3. The molecule has 1 N–H and O–H groups in total. The minimum Gasteiger partial charge on any atom is -0.392 e. The molecule has 0 amide bonds. The van der Waals surface area contributed by atoms with Crippen molar-refractivity contribution in [3.63, 3.8) is 0 Å². The minimum absolute atomic E-state index is 0.0972. The van der Waals surface area contributed by atoms with Gasteiger partial charge in [-0.1, -0.05) is 19.1 Å². The van der Waals surface area contributed by atoms with Gasteiger partial charge in [-0.15, -0.1) is 0 Å². The Hall–Kier alpha value is -0.300. The Bertz CT molecular complexity index is 86.2. The first kappa shape index (κ1) is 4.85. The molecule has 2 atom stereocenters. The van der Waals surface area contributed by atoms with Crippen LogP contribution in [0.5, 0.6) is 0 Å². The summed E-state index contributed by atoms with van der Waals surface area (Å²) in [6.45, 7) is 2.02. The zero-order valence-electron chi connectivity index (χ0n) is 4.46. The SMILES string of the molecule is C[C@H]1C=CC[C@@H]1O. The van der Waals surface area contributed by atoms with E-state index in [-0.39, 0.29) is 6.10 Å². The Labute approximate surface area is 43.7 Å². The van der Waals surface area contributed by atoms with Gasteiger partial charge in [0.25, 0.3) is 0 Å². The van der Waals surface area contributed by atoms with Gasteiger partial charge in [0, 0.05) is 5.92 Å². The largest absolute Gasteiger partial charge is 0.392 e. The molecule has 0 spiro atoms. The zero-order chi connectivity index (χ0) is 5.28. The van der Waals surface area contributed by atoms with Crippen LogP contribution < -0.4 is 0 Å². The van der Waals surface area contributed by atoms with Crippen molar-refractivity contribution in [1.29, 1.82) is 0 Å². The first-order valence-electron chi connectivity index (χ1n) is 2.65. The van der Waals surface area contributed by atoms with E-state index in [1.807, 2.05) is 19.1 Å². The molecule has 0 unspecified atom stereocenters. The summed E-state index contributed by atoms with van der Waals surface area (Å²) >= 11 is 0. The summed E-state index contributed by atoms with van der Waals surface area (Å²) in [5, 5.41) is 8.94. The van der Waals surface area contributed by atoms with E-state index >= 15 is 0 Å². The number of rotatable bonds is 0. The van der Waals surface area contributed by atoms with E-state index in [1.165, 1.54) is 0 Å². The maximum Gasteiger partial charge on any atom is 0.0634 e. The molecule has 0 aromatic carbocycles. The van der Waals surface area contributed by atoms with E-state index < -0.39 is 0 Å². The Morgan fingerprint density at radius 3 is 2.57 bits per heavy atom. The van der Waals surface area contributed by atoms with Gasteiger partial charge in [-0.25, -0.2) is 0 Å². The number of aliphatic hydroxyl groups is 1. The monoisotopic (exact) mass is 98.1 g/mol. The third-order valence-corrected chi connectivity index (χ3v) is 1.42. The highest BCUT2D eigenvalue weighted by molar-refractivity contribution is 4.99. The molecule has 0 aromatic rings. The van der Waals surface area contributed by atoms with Crippen LogP contribution in [0.15, 0.2) is 12.2 Å². The fourth-order valence-electron chi connectivity index (χ4n) is 0.776. The standard InChI is InChI=1S/C6H10O/c1-5-3-2-4-6(5)7/h2-3,5-7H,4H2,1H3/t5-,6-/m0/s1. The van der Waals surface area contributed by atoms with Crippen molar-refractivity contribution in [2.45, 2.75) is 19.4 Å². The van der Waals surface area contributed by atoms with E-state index in [0.717, 1.165) is 6.42 Å². The molecule has 0 aliphatic heterocycles. The summed E-state index contributed by atoms with van der Waals surface area (Å²) in [4.78, 5) is 0. The van der Waals surface area contributed by atoms with Crippen LogP contribution in [0.3, 0.4) is 0 Å². The number of aliphatic hydroxyl groups excluding tert-OH is 1. The van der Waals surface area contributed by atoms with Gasteiger partial charge in [0.1, 0.15) is 0 Å². The first-order valence-corrected chi connectivity index (χ1v) is 2.65. The third kappa shape index (κ3) is 0.829. The molecule has 1 aliphatic rings. The van der Waals surface area contributed by atoms with E-state index in [0.29, 0.717) is 5.92 Å². The molecule has 0 saturated carbocycles. The predicted molar refractivity (Wildman–Crippen MR) is 28.9 cm³/mol. The van der Waals surface area contributed by atoms with Gasteiger partial charge in [0.2, 0.25) is 0 Å². The molecular weight excluding hydrogens is 88.1 g/mol. The quantitative estimate of drug-likeness (QED) is 0.447. The van der Waals surface area contributed by atoms with Crippen LogP contribution in [-0.4, -0.2) is 11.2 Å². The van der Waals surface area contributed by atoms with Crippen molar-refractivity contribution in [2.24, 2.45) is 5.92 Å². The molecule has 0 heterocycles. The lowest BCUT2D eigenvalue weighted by atomic mass is 10.1. The Balaban J connectivity index is 2.45. The van der Waals surface area contributed by atoms with Gasteiger partial charge in [-0.3, -0.25) is 0 Å². The van der Waals surface area contributed by atoms with E-state index in [9.17, 15) is 0 Å². The molecule has 1 nitrogen and oxygen atoms in total. The van der Waals surface area contributed by atoms with E-state index in [4.69, 9.17) is 5.11 Å². The van der Waals surface area contributed by atoms with Crippen molar-refractivity contribution in [1.82, 2.24) is 0 Å². The van der Waals surface area contributed by atoms with E-state index in [2.05, 4.69) is 0 Å². The van der Waals surface area contributed by atoms with Crippen molar-refractivity contribution in [3.05, 3.63) is 12.2 Å². The molecule has 0 bridgehead atoms. The van der Waals surface area contributed by atoms with Crippen LogP contribution in [0.2, 0.25) is 0 Å². The fourth-order valence-corrected chi connectivity index (χ4v) is 0.776. The number of hydrogen-bond donors (Lipinski definition) is 1.